The third-order valence-electron chi connectivity index (χ3n) is 3.35. The molecule has 0 aliphatic rings. The molecular formula is C17H16N4. The molecule has 0 saturated carbocycles. The van der Waals surface area contributed by atoms with E-state index in [2.05, 4.69) is 17.2 Å². The zero-order valence-electron chi connectivity index (χ0n) is 11.5. The predicted octanol–water partition coefficient (Wildman–Crippen LogP) is 2.88. The fourth-order valence-corrected chi connectivity index (χ4v) is 2.21. The molecule has 0 bridgehead atoms. The Balaban J connectivity index is 1.77. The third-order valence-corrected chi connectivity index (χ3v) is 3.35. The Bertz CT molecular complexity index is 742. The lowest BCUT2D eigenvalue weighted by Gasteiger charge is -2.03. The molecule has 0 aliphatic carbocycles. The Labute approximate surface area is 123 Å². The first-order chi connectivity index (χ1) is 10.2. The number of nitrogens with zero attached hydrogens (tertiary/aromatic N) is 2. The highest BCUT2D eigenvalue weighted by atomic mass is 15.3. The van der Waals surface area contributed by atoms with Crippen molar-refractivity contribution in [2.45, 2.75) is 6.54 Å². The van der Waals surface area contributed by atoms with Crippen LogP contribution in [-0.4, -0.2) is 15.6 Å². The molecule has 21 heavy (non-hydrogen) atoms. The van der Waals surface area contributed by atoms with E-state index in [1.807, 2.05) is 59.5 Å². The zero-order valence-corrected chi connectivity index (χ0v) is 11.5. The number of rotatable bonds is 4. The molecule has 0 radical (unpaired) electrons. The van der Waals surface area contributed by atoms with Crippen molar-refractivity contribution >= 4 is 5.84 Å². The fourth-order valence-electron chi connectivity index (χ4n) is 2.21. The first-order valence-corrected chi connectivity index (χ1v) is 6.73. The van der Waals surface area contributed by atoms with E-state index in [9.17, 15) is 0 Å². The summed E-state index contributed by atoms with van der Waals surface area (Å²) in [6, 6.07) is 17.9. The number of nitrogens with two attached hydrogens (primary N) is 1. The summed E-state index contributed by atoms with van der Waals surface area (Å²) in [6.45, 7) is 0.699. The van der Waals surface area contributed by atoms with Crippen molar-refractivity contribution in [3.8, 4) is 11.1 Å². The van der Waals surface area contributed by atoms with Gasteiger partial charge >= 0.3 is 0 Å². The lowest BCUT2D eigenvalue weighted by Crippen LogP contribution is -2.11. The predicted molar refractivity (Wildman–Crippen MR) is 84.2 cm³/mol. The Morgan fingerprint density at radius 2 is 1.71 bits per heavy atom. The third kappa shape index (κ3) is 3.00. The average Bonchev–Trinajstić information content (AvgIpc) is 2.97. The quantitative estimate of drug-likeness (QED) is 0.568. The number of benzene rings is 2. The van der Waals surface area contributed by atoms with Crippen molar-refractivity contribution in [1.29, 1.82) is 5.41 Å². The number of nitrogens with one attached hydrogen (secondary N) is 1. The molecule has 0 spiro atoms. The summed E-state index contributed by atoms with van der Waals surface area (Å²) < 4.78 is 1.91. The van der Waals surface area contributed by atoms with Crippen LogP contribution in [0.3, 0.4) is 0 Å². The standard InChI is InChI=1S/C17H16N4/c18-17(19)15-8-6-13(7-9-15)11-21-12-16(10-20-21)14-4-2-1-3-5-14/h1-10,12H,11H2,(H3,18,19). The zero-order chi connectivity index (χ0) is 14.7. The van der Waals surface area contributed by atoms with Gasteiger partial charge in [-0.25, -0.2) is 0 Å². The molecule has 3 aromatic rings. The molecule has 1 aromatic heterocycles. The molecule has 1 heterocycles. The van der Waals surface area contributed by atoms with Gasteiger partial charge in [-0.3, -0.25) is 10.1 Å². The van der Waals surface area contributed by atoms with Crippen LogP contribution in [0, 0.1) is 5.41 Å². The Hall–Kier alpha value is -2.88. The molecule has 3 N–H and O–H groups in total. The van der Waals surface area contributed by atoms with Crippen LogP contribution in [0.1, 0.15) is 11.1 Å². The normalized spacial score (nSPS) is 10.5. The number of hydrogen-bond donors (Lipinski definition) is 2. The SMILES string of the molecule is N=C(N)c1ccc(Cn2cc(-c3ccccc3)cn2)cc1. The molecule has 0 saturated heterocycles. The number of aromatic nitrogens is 2. The second-order valence-corrected chi connectivity index (χ2v) is 4.90. The van der Waals surface area contributed by atoms with Crippen molar-refractivity contribution < 1.29 is 0 Å². The van der Waals surface area contributed by atoms with Crippen LogP contribution >= 0.6 is 0 Å². The van der Waals surface area contributed by atoms with Crippen LogP contribution in [0.25, 0.3) is 11.1 Å². The van der Waals surface area contributed by atoms with Gasteiger partial charge < -0.3 is 5.73 Å². The topological polar surface area (TPSA) is 67.7 Å². The van der Waals surface area contributed by atoms with Crippen LogP contribution in [0.4, 0.5) is 0 Å². The maximum Gasteiger partial charge on any atom is 0.122 e. The van der Waals surface area contributed by atoms with Crippen LogP contribution in [-0.2, 0) is 6.54 Å². The average molecular weight is 276 g/mol. The summed E-state index contributed by atoms with van der Waals surface area (Å²) in [6.07, 6.45) is 3.91. The summed E-state index contributed by atoms with van der Waals surface area (Å²) in [5.74, 6) is 0.0898. The van der Waals surface area contributed by atoms with Gasteiger partial charge in [-0.15, -0.1) is 0 Å². The number of hydrogen-bond acceptors (Lipinski definition) is 2. The van der Waals surface area contributed by atoms with E-state index in [1.54, 1.807) is 0 Å². The van der Waals surface area contributed by atoms with Crippen LogP contribution in [0.5, 0.6) is 0 Å². The van der Waals surface area contributed by atoms with E-state index in [1.165, 1.54) is 0 Å². The van der Waals surface area contributed by atoms with E-state index < -0.39 is 0 Å². The summed E-state index contributed by atoms with van der Waals surface area (Å²) in [5.41, 5.74) is 9.59. The van der Waals surface area contributed by atoms with Crippen molar-refractivity contribution in [2.24, 2.45) is 5.73 Å². The van der Waals surface area contributed by atoms with Gasteiger partial charge in [0.15, 0.2) is 0 Å². The van der Waals surface area contributed by atoms with E-state index >= 15 is 0 Å². The molecule has 3 rings (SSSR count). The Morgan fingerprint density at radius 1 is 1.00 bits per heavy atom. The summed E-state index contributed by atoms with van der Waals surface area (Å²) in [7, 11) is 0. The van der Waals surface area contributed by atoms with E-state index in [0.29, 0.717) is 6.54 Å². The van der Waals surface area contributed by atoms with Crippen molar-refractivity contribution in [2.75, 3.05) is 0 Å². The molecule has 4 heteroatoms. The molecule has 2 aromatic carbocycles. The van der Waals surface area contributed by atoms with Gasteiger partial charge in [0, 0.05) is 17.3 Å². The van der Waals surface area contributed by atoms with Gasteiger partial charge in [0.1, 0.15) is 5.84 Å². The van der Waals surface area contributed by atoms with Crippen LogP contribution < -0.4 is 5.73 Å². The minimum Gasteiger partial charge on any atom is -0.384 e. The Kier molecular flexibility index (Phi) is 3.51. The number of amidine groups is 1. The minimum atomic E-state index is 0.0898. The summed E-state index contributed by atoms with van der Waals surface area (Å²) in [5, 5.41) is 11.8. The second-order valence-electron chi connectivity index (χ2n) is 4.90. The molecule has 0 aliphatic heterocycles. The van der Waals surface area contributed by atoms with Gasteiger partial charge in [-0.2, -0.15) is 5.10 Å². The fraction of sp³-hybridized carbons (Fsp3) is 0.0588. The van der Waals surface area contributed by atoms with Crippen LogP contribution in [0.15, 0.2) is 67.0 Å². The largest absolute Gasteiger partial charge is 0.384 e. The Morgan fingerprint density at radius 3 is 2.38 bits per heavy atom. The first kappa shape index (κ1) is 13.1. The van der Waals surface area contributed by atoms with Gasteiger partial charge in [-0.1, -0.05) is 54.6 Å². The summed E-state index contributed by atoms with van der Waals surface area (Å²) >= 11 is 0. The highest BCUT2D eigenvalue weighted by molar-refractivity contribution is 5.94. The molecule has 0 fully saturated rings. The van der Waals surface area contributed by atoms with Gasteiger partial charge in [0.2, 0.25) is 0 Å². The van der Waals surface area contributed by atoms with Crippen LogP contribution in [0.2, 0.25) is 0 Å². The van der Waals surface area contributed by atoms with Crippen molar-refractivity contribution in [1.82, 2.24) is 9.78 Å². The van der Waals surface area contributed by atoms with Gasteiger partial charge in [0.05, 0.1) is 12.7 Å². The van der Waals surface area contributed by atoms with Crippen molar-refractivity contribution in [3.63, 3.8) is 0 Å². The molecule has 104 valence electrons. The highest BCUT2D eigenvalue weighted by Gasteiger charge is 2.02. The lowest BCUT2D eigenvalue weighted by atomic mass is 10.1. The van der Waals surface area contributed by atoms with Gasteiger partial charge in [-0.05, 0) is 11.1 Å². The lowest BCUT2D eigenvalue weighted by molar-refractivity contribution is 0.687. The molecule has 0 atom stereocenters. The second kappa shape index (κ2) is 5.63. The monoisotopic (exact) mass is 276 g/mol. The molecule has 4 nitrogen and oxygen atoms in total. The van der Waals surface area contributed by atoms with E-state index in [4.69, 9.17) is 11.1 Å². The maximum atomic E-state index is 7.39. The molecular weight excluding hydrogens is 260 g/mol. The first-order valence-electron chi connectivity index (χ1n) is 6.73. The maximum absolute atomic E-state index is 7.39. The highest BCUT2D eigenvalue weighted by Crippen LogP contribution is 2.18. The molecule has 0 amide bonds. The van der Waals surface area contributed by atoms with Gasteiger partial charge in [0.25, 0.3) is 0 Å². The van der Waals surface area contributed by atoms with E-state index in [0.717, 1.165) is 22.3 Å². The summed E-state index contributed by atoms with van der Waals surface area (Å²) in [4.78, 5) is 0. The van der Waals surface area contributed by atoms with E-state index in [-0.39, 0.29) is 5.84 Å². The smallest absolute Gasteiger partial charge is 0.122 e. The minimum absolute atomic E-state index is 0.0898. The van der Waals surface area contributed by atoms with Crippen molar-refractivity contribution in [3.05, 3.63) is 78.1 Å². The number of nitrogen functional groups attached to an aromatic ring is 1. The molecule has 0 unspecified atom stereocenters.